The van der Waals surface area contributed by atoms with Crippen molar-refractivity contribution in [3.8, 4) is 5.75 Å². The molecule has 1 aliphatic heterocycles. The highest BCUT2D eigenvalue weighted by Crippen LogP contribution is 2.16. The summed E-state index contributed by atoms with van der Waals surface area (Å²) in [5.41, 5.74) is 3.47. The van der Waals surface area contributed by atoms with Gasteiger partial charge in [0.15, 0.2) is 0 Å². The zero-order chi connectivity index (χ0) is 18.6. The molecule has 140 valence electrons. The second-order valence-corrected chi connectivity index (χ2v) is 7.08. The first-order valence-corrected chi connectivity index (χ1v) is 9.58. The molecule has 0 bridgehead atoms. The topological polar surface area (TPSA) is 47.4 Å². The number of fused-ring (bicyclic) bond motifs is 1. The molecule has 2 heterocycles. The maximum atomic E-state index is 13.2. The van der Waals surface area contributed by atoms with Gasteiger partial charge in [0.2, 0.25) is 0 Å². The van der Waals surface area contributed by atoms with Crippen molar-refractivity contribution in [2.45, 2.75) is 25.8 Å². The lowest BCUT2D eigenvalue weighted by molar-refractivity contribution is 0.322. The third-order valence-corrected chi connectivity index (χ3v) is 5.29. The molecule has 0 amide bonds. The number of methoxy groups -OCH3 is 1. The van der Waals surface area contributed by atoms with E-state index in [0.29, 0.717) is 18.7 Å². The summed E-state index contributed by atoms with van der Waals surface area (Å²) in [6, 6.07) is 15.7. The second-order valence-electron chi connectivity index (χ2n) is 7.08. The molecule has 0 atom stereocenters. The minimum atomic E-state index is 0.0173. The molecule has 4 rings (SSSR count). The van der Waals surface area contributed by atoms with Crippen LogP contribution < -0.4 is 10.3 Å². The van der Waals surface area contributed by atoms with Gasteiger partial charge < -0.3 is 14.2 Å². The smallest absolute Gasteiger partial charge is 0.273 e. The zero-order valence-electron chi connectivity index (χ0n) is 15.7. The Hall–Kier alpha value is -2.66. The number of hydrogen-bond acceptors (Lipinski definition) is 4. The van der Waals surface area contributed by atoms with Gasteiger partial charge in [-0.05, 0) is 55.8 Å². The first kappa shape index (κ1) is 17.7. The Balaban J connectivity index is 1.67. The highest BCUT2D eigenvalue weighted by molar-refractivity contribution is 5.74. The minimum absolute atomic E-state index is 0.0173. The molecule has 0 saturated carbocycles. The van der Waals surface area contributed by atoms with Crippen LogP contribution in [-0.4, -0.2) is 41.2 Å². The van der Waals surface area contributed by atoms with Crippen LogP contribution in [0.4, 0.5) is 0 Å². The van der Waals surface area contributed by atoms with Crippen LogP contribution in [0.2, 0.25) is 0 Å². The van der Waals surface area contributed by atoms with E-state index in [-0.39, 0.29) is 5.56 Å². The van der Waals surface area contributed by atoms with Gasteiger partial charge in [-0.1, -0.05) is 24.3 Å². The fourth-order valence-electron chi connectivity index (χ4n) is 3.77. The maximum absolute atomic E-state index is 13.2. The number of benzene rings is 2. The molecule has 0 N–H and O–H groups in total. The van der Waals surface area contributed by atoms with Crippen LogP contribution in [0, 0.1) is 0 Å². The number of rotatable bonds is 6. The summed E-state index contributed by atoms with van der Waals surface area (Å²) in [6.45, 7) is 3.89. The molecular weight excluding hydrogens is 338 g/mol. The molecular formula is C22H25N3O2. The van der Waals surface area contributed by atoms with Gasteiger partial charge in [-0.15, -0.1) is 0 Å². The third kappa shape index (κ3) is 3.88. The van der Waals surface area contributed by atoms with Gasteiger partial charge in [0.05, 0.1) is 18.1 Å². The van der Waals surface area contributed by atoms with Gasteiger partial charge in [0, 0.05) is 19.5 Å². The Kier molecular flexibility index (Phi) is 5.21. The molecule has 1 aliphatic rings. The number of likely N-dealkylation sites (tertiary alicyclic amines) is 1. The largest absolute Gasteiger partial charge is 0.497 e. The molecule has 5 nitrogen and oxygen atoms in total. The van der Waals surface area contributed by atoms with Crippen LogP contribution in [-0.2, 0) is 13.0 Å². The molecule has 0 aliphatic carbocycles. The molecule has 2 aromatic carbocycles. The minimum Gasteiger partial charge on any atom is -0.497 e. The summed E-state index contributed by atoms with van der Waals surface area (Å²) < 4.78 is 7.12. The van der Waals surface area contributed by atoms with Gasteiger partial charge in [0.25, 0.3) is 5.56 Å². The molecule has 5 heteroatoms. The number of nitrogens with zero attached hydrogens (tertiary/aromatic N) is 3. The van der Waals surface area contributed by atoms with Crippen molar-refractivity contribution >= 4 is 11.0 Å². The first-order valence-electron chi connectivity index (χ1n) is 9.58. The standard InChI is InChI=1S/C22H25N3O2/c1-27-18-10-8-17(9-11-18)16-20-22(26)25(15-14-24-12-4-5-13-24)21-7-3-2-6-19(21)23-20/h2-3,6-11H,4-5,12-16H2,1H3. The Morgan fingerprint density at radius 1 is 1.00 bits per heavy atom. The monoisotopic (exact) mass is 363 g/mol. The molecule has 0 spiro atoms. The Morgan fingerprint density at radius 2 is 1.74 bits per heavy atom. The zero-order valence-corrected chi connectivity index (χ0v) is 15.7. The van der Waals surface area contributed by atoms with Gasteiger partial charge in [-0.2, -0.15) is 0 Å². The van der Waals surface area contributed by atoms with Gasteiger partial charge >= 0.3 is 0 Å². The fourth-order valence-corrected chi connectivity index (χ4v) is 3.77. The highest BCUT2D eigenvalue weighted by atomic mass is 16.5. The lowest BCUT2D eigenvalue weighted by atomic mass is 10.1. The van der Waals surface area contributed by atoms with Crippen LogP contribution in [0.1, 0.15) is 24.1 Å². The van der Waals surface area contributed by atoms with E-state index in [1.807, 2.05) is 53.1 Å². The quantitative estimate of drug-likeness (QED) is 0.675. The third-order valence-electron chi connectivity index (χ3n) is 5.29. The van der Waals surface area contributed by atoms with Crippen LogP contribution in [0.3, 0.4) is 0 Å². The van der Waals surface area contributed by atoms with E-state index in [1.54, 1.807) is 7.11 Å². The number of para-hydroxylation sites is 2. The summed E-state index contributed by atoms with van der Waals surface area (Å²) in [4.78, 5) is 20.3. The van der Waals surface area contributed by atoms with Crippen LogP contribution in [0.25, 0.3) is 11.0 Å². The predicted octanol–water partition coefficient (Wildman–Crippen LogP) is 3.09. The summed E-state index contributed by atoms with van der Waals surface area (Å²) in [6.07, 6.45) is 3.04. The van der Waals surface area contributed by atoms with Crippen molar-refractivity contribution in [1.82, 2.24) is 14.5 Å². The number of aromatic nitrogens is 2. The summed E-state index contributed by atoms with van der Waals surface area (Å²) in [7, 11) is 1.65. The lowest BCUT2D eigenvalue weighted by Crippen LogP contribution is -2.31. The maximum Gasteiger partial charge on any atom is 0.273 e. The number of ether oxygens (including phenoxy) is 1. The van der Waals surface area contributed by atoms with E-state index in [1.165, 1.54) is 12.8 Å². The Bertz CT molecular complexity index is 973. The first-order chi connectivity index (χ1) is 13.2. The van der Waals surface area contributed by atoms with Gasteiger partial charge in [-0.3, -0.25) is 4.79 Å². The van der Waals surface area contributed by atoms with Crippen molar-refractivity contribution in [3.63, 3.8) is 0 Å². The SMILES string of the molecule is COc1ccc(Cc2nc3ccccc3n(CCN3CCCC3)c2=O)cc1. The van der Waals surface area contributed by atoms with E-state index >= 15 is 0 Å². The van der Waals surface area contributed by atoms with Crippen molar-refractivity contribution in [1.29, 1.82) is 0 Å². The normalized spacial score (nSPS) is 14.7. The van der Waals surface area contributed by atoms with E-state index in [9.17, 15) is 4.79 Å². The average molecular weight is 363 g/mol. The summed E-state index contributed by atoms with van der Waals surface area (Å²) >= 11 is 0. The van der Waals surface area contributed by atoms with E-state index in [0.717, 1.165) is 42.0 Å². The molecule has 1 fully saturated rings. The van der Waals surface area contributed by atoms with Crippen molar-refractivity contribution in [3.05, 3.63) is 70.1 Å². The molecule has 0 radical (unpaired) electrons. The lowest BCUT2D eigenvalue weighted by Gasteiger charge is -2.17. The second kappa shape index (κ2) is 7.92. The van der Waals surface area contributed by atoms with Gasteiger partial charge in [0.1, 0.15) is 11.4 Å². The molecule has 0 unspecified atom stereocenters. The van der Waals surface area contributed by atoms with Crippen LogP contribution in [0.15, 0.2) is 53.3 Å². The molecule has 1 saturated heterocycles. The van der Waals surface area contributed by atoms with E-state index in [2.05, 4.69) is 9.88 Å². The molecule has 27 heavy (non-hydrogen) atoms. The number of hydrogen-bond donors (Lipinski definition) is 0. The van der Waals surface area contributed by atoms with Crippen LogP contribution >= 0.6 is 0 Å². The van der Waals surface area contributed by atoms with Crippen molar-refractivity contribution in [2.75, 3.05) is 26.7 Å². The highest BCUT2D eigenvalue weighted by Gasteiger charge is 2.15. The van der Waals surface area contributed by atoms with Crippen molar-refractivity contribution in [2.24, 2.45) is 0 Å². The van der Waals surface area contributed by atoms with Crippen molar-refractivity contribution < 1.29 is 4.74 Å². The van der Waals surface area contributed by atoms with E-state index < -0.39 is 0 Å². The Morgan fingerprint density at radius 3 is 2.48 bits per heavy atom. The molecule has 1 aromatic heterocycles. The fraction of sp³-hybridized carbons (Fsp3) is 0.364. The molecule has 3 aromatic rings. The predicted molar refractivity (Wildman–Crippen MR) is 107 cm³/mol. The van der Waals surface area contributed by atoms with Gasteiger partial charge in [-0.25, -0.2) is 4.98 Å². The Labute approximate surface area is 159 Å². The van der Waals surface area contributed by atoms with E-state index in [4.69, 9.17) is 4.74 Å². The average Bonchev–Trinajstić information content (AvgIpc) is 3.22. The summed E-state index contributed by atoms with van der Waals surface area (Å²) in [5.74, 6) is 0.813. The van der Waals surface area contributed by atoms with Crippen LogP contribution in [0.5, 0.6) is 5.75 Å². The summed E-state index contributed by atoms with van der Waals surface area (Å²) in [5, 5.41) is 0.